The first kappa shape index (κ1) is 7.66. The molecule has 0 spiro atoms. The maximum atomic E-state index is 4.55. The van der Waals surface area contributed by atoms with Crippen molar-refractivity contribution in [1.82, 2.24) is 0 Å². The molecule has 1 nitrogen and oxygen atoms in total. The molecule has 1 fully saturated rings. The van der Waals surface area contributed by atoms with Crippen LogP contribution in [0.3, 0.4) is 0 Å². The summed E-state index contributed by atoms with van der Waals surface area (Å²) < 4.78 is 0. The molecule has 2 atom stereocenters. The van der Waals surface area contributed by atoms with Crippen molar-refractivity contribution in [2.24, 2.45) is 4.99 Å². The molecule has 0 aromatic heterocycles. The van der Waals surface area contributed by atoms with Crippen LogP contribution in [0.2, 0.25) is 0 Å². The highest BCUT2D eigenvalue weighted by molar-refractivity contribution is 7.78. The van der Waals surface area contributed by atoms with E-state index in [1.807, 2.05) is 6.07 Å². The van der Waals surface area contributed by atoms with E-state index in [0.717, 1.165) is 6.42 Å². The SMILES string of the molecule is S=C=NC1CC1c1ccccc1. The summed E-state index contributed by atoms with van der Waals surface area (Å²) in [7, 11) is 0. The molecule has 0 saturated heterocycles. The van der Waals surface area contributed by atoms with Gasteiger partial charge in [0.1, 0.15) is 0 Å². The molecule has 1 aliphatic rings. The molecule has 0 N–H and O–H groups in total. The molecule has 2 unspecified atom stereocenters. The fourth-order valence-corrected chi connectivity index (χ4v) is 1.59. The highest BCUT2D eigenvalue weighted by Crippen LogP contribution is 2.42. The molecule has 1 aliphatic carbocycles. The van der Waals surface area contributed by atoms with Gasteiger partial charge in [0, 0.05) is 5.92 Å². The topological polar surface area (TPSA) is 12.4 Å². The van der Waals surface area contributed by atoms with Gasteiger partial charge in [0.15, 0.2) is 0 Å². The molecule has 0 heterocycles. The number of aliphatic imine (C=N–C) groups is 1. The van der Waals surface area contributed by atoms with E-state index in [2.05, 4.69) is 46.6 Å². The van der Waals surface area contributed by atoms with E-state index in [4.69, 9.17) is 0 Å². The van der Waals surface area contributed by atoms with Gasteiger partial charge in [-0.2, -0.15) is 0 Å². The third kappa shape index (κ3) is 1.45. The predicted molar refractivity (Wildman–Crippen MR) is 52.6 cm³/mol. The molecule has 1 saturated carbocycles. The first-order chi connectivity index (χ1) is 5.92. The average molecular weight is 175 g/mol. The minimum atomic E-state index is 0.407. The van der Waals surface area contributed by atoms with Crippen molar-refractivity contribution in [3.63, 3.8) is 0 Å². The summed E-state index contributed by atoms with van der Waals surface area (Å²) in [5, 5.41) is 2.44. The second-order valence-electron chi connectivity index (χ2n) is 3.04. The van der Waals surface area contributed by atoms with Gasteiger partial charge in [0.25, 0.3) is 0 Å². The van der Waals surface area contributed by atoms with E-state index >= 15 is 0 Å². The fraction of sp³-hybridized carbons (Fsp3) is 0.300. The van der Waals surface area contributed by atoms with Crippen LogP contribution in [0.4, 0.5) is 0 Å². The summed E-state index contributed by atoms with van der Waals surface area (Å²) in [5.74, 6) is 0.599. The van der Waals surface area contributed by atoms with Crippen molar-refractivity contribution in [1.29, 1.82) is 0 Å². The van der Waals surface area contributed by atoms with Gasteiger partial charge >= 0.3 is 0 Å². The lowest BCUT2D eigenvalue weighted by molar-refractivity contribution is 0.999. The second kappa shape index (κ2) is 3.18. The van der Waals surface area contributed by atoms with E-state index in [1.165, 1.54) is 5.56 Å². The lowest BCUT2D eigenvalue weighted by Crippen LogP contribution is -1.82. The molecular weight excluding hydrogens is 166 g/mol. The zero-order chi connectivity index (χ0) is 8.39. The lowest BCUT2D eigenvalue weighted by atomic mass is 10.1. The van der Waals surface area contributed by atoms with Crippen molar-refractivity contribution in [2.75, 3.05) is 0 Å². The summed E-state index contributed by atoms with van der Waals surface area (Å²) in [6, 6.07) is 10.8. The summed E-state index contributed by atoms with van der Waals surface area (Å²) >= 11 is 4.55. The van der Waals surface area contributed by atoms with Crippen molar-refractivity contribution < 1.29 is 0 Å². The summed E-state index contributed by atoms with van der Waals surface area (Å²) in [4.78, 5) is 4.06. The van der Waals surface area contributed by atoms with Crippen molar-refractivity contribution >= 4 is 17.4 Å². The molecule has 12 heavy (non-hydrogen) atoms. The molecule has 0 aliphatic heterocycles. The maximum absolute atomic E-state index is 4.55. The normalized spacial score (nSPS) is 26.0. The minimum absolute atomic E-state index is 0.407. The Morgan fingerprint density at radius 2 is 2.08 bits per heavy atom. The number of thiocarbonyl (C=S) groups is 1. The van der Waals surface area contributed by atoms with Crippen LogP contribution < -0.4 is 0 Å². The summed E-state index contributed by atoms with van der Waals surface area (Å²) in [6.07, 6.45) is 1.13. The van der Waals surface area contributed by atoms with E-state index in [1.54, 1.807) is 0 Å². The van der Waals surface area contributed by atoms with Crippen LogP contribution in [0, 0.1) is 0 Å². The second-order valence-corrected chi connectivity index (χ2v) is 3.22. The Morgan fingerprint density at radius 1 is 1.33 bits per heavy atom. The molecule has 0 bridgehead atoms. The van der Waals surface area contributed by atoms with E-state index in [9.17, 15) is 0 Å². The van der Waals surface area contributed by atoms with Gasteiger partial charge < -0.3 is 0 Å². The van der Waals surface area contributed by atoms with Gasteiger partial charge in [-0.25, -0.2) is 4.99 Å². The van der Waals surface area contributed by atoms with Gasteiger partial charge in [-0.3, -0.25) is 0 Å². The van der Waals surface area contributed by atoms with Crippen molar-refractivity contribution in [3.05, 3.63) is 35.9 Å². The molecular formula is C10H9NS. The first-order valence-corrected chi connectivity index (χ1v) is 4.44. The largest absolute Gasteiger partial charge is 0.228 e. The third-order valence-corrected chi connectivity index (χ3v) is 2.31. The van der Waals surface area contributed by atoms with Crippen LogP contribution in [-0.4, -0.2) is 11.2 Å². The number of isothiocyanates is 1. The van der Waals surface area contributed by atoms with Crippen LogP contribution in [0.5, 0.6) is 0 Å². The average Bonchev–Trinajstić information content (AvgIpc) is 2.87. The Morgan fingerprint density at radius 3 is 2.75 bits per heavy atom. The molecule has 1 aromatic carbocycles. The highest BCUT2D eigenvalue weighted by atomic mass is 32.1. The number of nitrogens with zero attached hydrogens (tertiary/aromatic N) is 1. The van der Waals surface area contributed by atoms with Crippen LogP contribution in [0.25, 0.3) is 0 Å². The number of benzene rings is 1. The smallest absolute Gasteiger partial charge is 0.0678 e. The zero-order valence-corrected chi connectivity index (χ0v) is 7.42. The van der Waals surface area contributed by atoms with Gasteiger partial charge in [-0.15, -0.1) is 0 Å². The van der Waals surface area contributed by atoms with Gasteiger partial charge in [0.05, 0.1) is 11.2 Å². The lowest BCUT2D eigenvalue weighted by Gasteiger charge is -1.94. The van der Waals surface area contributed by atoms with Crippen molar-refractivity contribution in [3.8, 4) is 0 Å². The van der Waals surface area contributed by atoms with Crippen LogP contribution in [0.15, 0.2) is 35.3 Å². The Kier molecular flexibility index (Phi) is 2.03. The van der Waals surface area contributed by atoms with Crippen molar-refractivity contribution in [2.45, 2.75) is 18.4 Å². The Hall–Kier alpha value is -0.980. The molecule has 0 amide bonds. The maximum Gasteiger partial charge on any atom is 0.0678 e. The highest BCUT2D eigenvalue weighted by Gasteiger charge is 2.37. The number of hydrogen-bond donors (Lipinski definition) is 0. The molecule has 2 rings (SSSR count). The molecule has 0 radical (unpaired) electrons. The Balaban J connectivity index is 2.11. The van der Waals surface area contributed by atoms with E-state index < -0.39 is 0 Å². The Bertz CT molecular complexity index is 314. The third-order valence-electron chi connectivity index (χ3n) is 2.20. The number of rotatable bonds is 2. The van der Waals surface area contributed by atoms with E-state index in [-0.39, 0.29) is 0 Å². The monoisotopic (exact) mass is 175 g/mol. The van der Waals surface area contributed by atoms with Gasteiger partial charge in [-0.1, -0.05) is 30.3 Å². The van der Waals surface area contributed by atoms with Gasteiger partial charge in [0.2, 0.25) is 0 Å². The molecule has 1 aromatic rings. The number of hydrogen-bond acceptors (Lipinski definition) is 2. The first-order valence-electron chi connectivity index (χ1n) is 4.04. The molecule has 2 heteroatoms. The van der Waals surface area contributed by atoms with Crippen LogP contribution >= 0.6 is 12.2 Å². The summed E-state index contributed by atoms with van der Waals surface area (Å²) in [6.45, 7) is 0. The minimum Gasteiger partial charge on any atom is -0.228 e. The predicted octanol–water partition coefficient (Wildman–Crippen LogP) is 2.65. The van der Waals surface area contributed by atoms with Crippen LogP contribution in [0.1, 0.15) is 17.9 Å². The van der Waals surface area contributed by atoms with E-state index in [0.29, 0.717) is 12.0 Å². The molecule has 60 valence electrons. The van der Waals surface area contributed by atoms with Gasteiger partial charge in [-0.05, 0) is 24.2 Å². The standard InChI is InChI=1S/C10H9NS/c12-7-11-10-6-9(10)8-4-2-1-3-5-8/h1-5,9-10H,6H2. The fourth-order valence-electron chi connectivity index (χ4n) is 1.45. The quantitative estimate of drug-likeness (QED) is 0.497. The van der Waals surface area contributed by atoms with Crippen LogP contribution in [-0.2, 0) is 0 Å². The summed E-state index contributed by atoms with van der Waals surface area (Å²) in [5.41, 5.74) is 1.37. The zero-order valence-electron chi connectivity index (χ0n) is 6.60. The Labute approximate surface area is 77.1 Å².